The average molecular weight is 709 g/mol. The second-order valence-corrected chi connectivity index (χ2v) is 15.0. The zero-order valence-corrected chi connectivity index (χ0v) is 30.0. The molecule has 0 radical (unpaired) electrons. The van der Waals surface area contributed by atoms with Crippen molar-refractivity contribution in [2.45, 2.75) is 5.41 Å². The third kappa shape index (κ3) is 4.64. The quantitative estimate of drug-likeness (QED) is 0.172. The maximum Gasteiger partial charge on any atom is 0.227 e. The smallest absolute Gasteiger partial charge is 0.227 e. The maximum absolute atomic E-state index is 6.29. The molecule has 254 valence electrons. The number of hydrogen-bond acceptors (Lipinski definition) is 4. The molecular formula is C50H32N2OS. The first-order valence-corrected chi connectivity index (χ1v) is 19.1. The van der Waals surface area contributed by atoms with Crippen LogP contribution in [0.1, 0.15) is 22.3 Å². The zero-order valence-electron chi connectivity index (χ0n) is 29.2. The normalized spacial score (nSPS) is 13.0. The molecule has 10 aromatic rings. The van der Waals surface area contributed by atoms with Gasteiger partial charge >= 0.3 is 0 Å². The third-order valence-electron chi connectivity index (χ3n) is 11.0. The first kappa shape index (κ1) is 30.8. The Labute approximate surface area is 317 Å². The number of aromatic nitrogens is 1. The van der Waals surface area contributed by atoms with E-state index in [2.05, 4.69) is 169 Å². The Bertz CT molecular complexity index is 2960. The summed E-state index contributed by atoms with van der Waals surface area (Å²) < 4.78 is 8.83. The summed E-state index contributed by atoms with van der Waals surface area (Å²) in [7, 11) is 0. The van der Waals surface area contributed by atoms with Gasteiger partial charge in [-0.3, -0.25) is 0 Å². The lowest BCUT2D eigenvalue weighted by Crippen LogP contribution is -2.28. The average Bonchev–Trinajstić information content (AvgIpc) is 3.92. The van der Waals surface area contributed by atoms with Crippen LogP contribution in [0.4, 0.5) is 17.1 Å². The number of thiophene rings is 1. The molecule has 1 aliphatic rings. The maximum atomic E-state index is 6.29. The van der Waals surface area contributed by atoms with Crippen molar-refractivity contribution in [3.05, 3.63) is 216 Å². The summed E-state index contributed by atoms with van der Waals surface area (Å²) >= 11 is 1.84. The number of anilines is 3. The van der Waals surface area contributed by atoms with Crippen molar-refractivity contribution in [2.24, 2.45) is 0 Å². The largest absolute Gasteiger partial charge is 0.436 e. The molecule has 0 N–H and O–H groups in total. The van der Waals surface area contributed by atoms with Crippen LogP contribution in [0.3, 0.4) is 0 Å². The molecule has 54 heavy (non-hydrogen) atoms. The van der Waals surface area contributed by atoms with Crippen molar-refractivity contribution >= 4 is 59.7 Å². The van der Waals surface area contributed by atoms with E-state index < -0.39 is 5.41 Å². The van der Waals surface area contributed by atoms with E-state index in [1.807, 2.05) is 41.7 Å². The summed E-state index contributed by atoms with van der Waals surface area (Å²) in [6.45, 7) is 0. The highest BCUT2D eigenvalue weighted by Crippen LogP contribution is 2.57. The van der Waals surface area contributed by atoms with Crippen LogP contribution in [0.2, 0.25) is 0 Å². The van der Waals surface area contributed by atoms with E-state index in [4.69, 9.17) is 9.40 Å². The van der Waals surface area contributed by atoms with Gasteiger partial charge < -0.3 is 9.32 Å². The minimum atomic E-state index is -0.508. The fourth-order valence-electron chi connectivity index (χ4n) is 8.63. The van der Waals surface area contributed by atoms with Crippen LogP contribution in [0.5, 0.6) is 0 Å². The van der Waals surface area contributed by atoms with Gasteiger partial charge in [0.1, 0.15) is 5.52 Å². The predicted molar refractivity (Wildman–Crippen MR) is 224 cm³/mol. The Balaban J connectivity index is 1.16. The topological polar surface area (TPSA) is 29.3 Å². The molecule has 0 bridgehead atoms. The molecule has 0 fully saturated rings. The van der Waals surface area contributed by atoms with Crippen molar-refractivity contribution < 1.29 is 4.42 Å². The van der Waals surface area contributed by atoms with Gasteiger partial charge in [0, 0.05) is 42.8 Å². The minimum absolute atomic E-state index is 0.508. The van der Waals surface area contributed by atoms with Gasteiger partial charge in [-0.25, -0.2) is 4.98 Å². The lowest BCUT2D eigenvalue weighted by atomic mass is 9.67. The molecule has 2 aromatic heterocycles. The van der Waals surface area contributed by atoms with Gasteiger partial charge in [-0.05, 0) is 94.0 Å². The molecule has 0 spiro atoms. The summed E-state index contributed by atoms with van der Waals surface area (Å²) in [4.78, 5) is 7.37. The molecule has 11 rings (SSSR count). The van der Waals surface area contributed by atoms with E-state index in [0.29, 0.717) is 5.89 Å². The molecule has 3 nitrogen and oxygen atoms in total. The lowest BCUT2D eigenvalue weighted by molar-refractivity contribution is 0.620. The van der Waals surface area contributed by atoms with Crippen LogP contribution in [0.25, 0.3) is 53.9 Å². The van der Waals surface area contributed by atoms with Gasteiger partial charge in [-0.1, -0.05) is 133 Å². The van der Waals surface area contributed by atoms with E-state index in [9.17, 15) is 0 Å². The van der Waals surface area contributed by atoms with Gasteiger partial charge in [0.25, 0.3) is 0 Å². The molecule has 2 heterocycles. The van der Waals surface area contributed by atoms with Crippen LogP contribution in [0.15, 0.2) is 199 Å². The molecule has 8 aromatic carbocycles. The molecular weight excluding hydrogens is 677 g/mol. The van der Waals surface area contributed by atoms with Crippen LogP contribution in [-0.4, -0.2) is 4.98 Å². The van der Waals surface area contributed by atoms with E-state index in [1.54, 1.807) is 0 Å². The first-order valence-electron chi connectivity index (χ1n) is 18.3. The van der Waals surface area contributed by atoms with E-state index in [-0.39, 0.29) is 0 Å². The molecule has 0 atom stereocenters. The summed E-state index contributed by atoms with van der Waals surface area (Å²) in [5.74, 6) is 0.617. The third-order valence-corrected chi connectivity index (χ3v) is 12.1. The van der Waals surface area contributed by atoms with Crippen molar-refractivity contribution in [3.63, 3.8) is 0 Å². The summed E-state index contributed by atoms with van der Waals surface area (Å²) in [6, 6.07) is 69.9. The van der Waals surface area contributed by atoms with Gasteiger partial charge in [0.15, 0.2) is 5.58 Å². The lowest BCUT2D eigenvalue weighted by Gasteiger charge is -2.35. The van der Waals surface area contributed by atoms with Gasteiger partial charge in [0.05, 0.1) is 5.41 Å². The van der Waals surface area contributed by atoms with Crippen LogP contribution < -0.4 is 4.90 Å². The first-order chi connectivity index (χ1) is 26.8. The van der Waals surface area contributed by atoms with Crippen molar-refractivity contribution in [1.29, 1.82) is 0 Å². The Morgan fingerprint density at radius 1 is 0.463 bits per heavy atom. The number of hydrogen-bond donors (Lipinski definition) is 0. The Morgan fingerprint density at radius 3 is 1.85 bits per heavy atom. The Hall–Kier alpha value is -6.75. The van der Waals surface area contributed by atoms with Crippen LogP contribution >= 0.6 is 11.3 Å². The number of nitrogens with zero attached hydrogens (tertiary/aromatic N) is 2. The number of rotatable bonds is 6. The molecule has 0 aliphatic heterocycles. The van der Waals surface area contributed by atoms with Crippen molar-refractivity contribution in [2.75, 3.05) is 4.90 Å². The Kier molecular flexibility index (Phi) is 6.94. The fraction of sp³-hybridized carbons (Fsp3) is 0.0200. The zero-order chi connectivity index (χ0) is 35.6. The fourth-order valence-corrected chi connectivity index (χ4v) is 9.77. The van der Waals surface area contributed by atoms with Crippen molar-refractivity contribution in [3.8, 4) is 22.6 Å². The highest BCUT2D eigenvalue weighted by molar-refractivity contribution is 7.25. The molecule has 0 saturated carbocycles. The number of fused-ring (bicyclic) bond motifs is 7. The van der Waals surface area contributed by atoms with Gasteiger partial charge in [-0.2, -0.15) is 0 Å². The Morgan fingerprint density at radius 2 is 1.06 bits per heavy atom. The highest BCUT2D eigenvalue weighted by Gasteiger charge is 2.46. The second-order valence-electron chi connectivity index (χ2n) is 13.9. The molecule has 0 unspecified atom stereocenters. The van der Waals surface area contributed by atoms with E-state index >= 15 is 0 Å². The molecule has 4 heteroatoms. The highest BCUT2D eigenvalue weighted by atomic mass is 32.1. The number of benzene rings is 8. The summed E-state index contributed by atoms with van der Waals surface area (Å²) in [5.41, 5.74) is 12.8. The SMILES string of the molecule is c1ccc(-c2nc3cc(N(c4ccc5c(c4)C(c4ccccc4)(c4ccccc4)c4ccccc4-5)c4ccc5c(c4)sc4ccccc45)ccc3o2)cc1. The van der Waals surface area contributed by atoms with Gasteiger partial charge in [-0.15, -0.1) is 11.3 Å². The summed E-state index contributed by atoms with van der Waals surface area (Å²) in [6.07, 6.45) is 0. The van der Waals surface area contributed by atoms with E-state index in [1.165, 1.54) is 53.6 Å². The molecule has 1 aliphatic carbocycles. The van der Waals surface area contributed by atoms with Crippen molar-refractivity contribution in [1.82, 2.24) is 4.98 Å². The molecule has 0 saturated heterocycles. The summed E-state index contributed by atoms with van der Waals surface area (Å²) in [5, 5.41) is 2.56. The molecule has 0 amide bonds. The standard InChI is InChI=1S/C50H32N2OS/c1-4-14-33(15-5-1)49-51-45-31-37(26-29-46(45)53-49)52(38-25-28-42-41-21-11-13-23-47(41)54-48(42)32-38)36-24-27-40-39-20-10-12-22-43(39)50(44(40)30-36,34-16-6-2-7-17-34)35-18-8-3-9-19-35/h1-32H. The second kappa shape index (κ2) is 12.2. The predicted octanol–water partition coefficient (Wildman–Crippen LogP) is 13.7. The van der Waals surface area contributed by atoms with Crippen LogP contribution in [-0.2, 0) is 5.41 Å². The van der Waals surface area contributed by atoms with Crippen LogP contribution in [0, 0.1) is 0 Å². The number of oxazole rings is 1. The van der Waals surface area contributed by atoms with E-state index in [0.717, 1.165) is 33.7 Å². The minimum Gasteiger partial charge on any atom is -0.436 e. The van der Waals surface area contributed by atoms with Gasteiger partial charge in [0.2, 0.25) is 5.89 Å². The monoisotopic (exact) mass is 708 g/mol.